The molecule has 4 aromatic rings. The van der Waals surface area contributed by atoms with E-state index in [-0.39, 0.29) is 23.7 Å². The van der Waals surface area contributed by atoms with Crippen LogP contribution in [0.25, 0.3) is 21.9 Å². The predicted octanol–water partition coefficient (Wildman–Crippen LogP) is 5.46. The highest BCUT2D eigenvalue weighted by Crippen LogP contribution is 2.53. The number of hydrogen-bond donors (Lipinski definition) is 2. The van der Waals surface area contributed by atoms with Crippen molar-refractivity contribution in [2.75, 3.05) is 0 Å². The van der Waals surface area contributed by atoms with Gasteiger partial charge in [-0.25, -0.2) is 0 Å². The molecule has 6 rings (SSSR count). The Morgan fingerprint density at radius 2 is 1.42 bits per heavy atom. The molecule has 0 aliphatic carbocycles. The maximum atomic E-state index is 13.8. The Balaban J connectivity index is 1.48. The standard InChI is InChI=1S/C30H26O6S2/c1-17-14-20(10-12-23(17)31)28-26-16-27(30(37(26)33)29(28)21-11-13-24(32)18(2)15-21)38(34,35)36-25-9-5-7-19-6-3-4-8-22(19)25/h3-15,26-27,30-32H,16H2,1-2H3/t26-,27-,30+,37?/m0/s1. The Kier molecular flexibility index (Phi) is 5.85. The van der Waals surface area contributed by atoms with Crippen LogP contribution in [0.2, 0.25) is 0 Å². The summed E-state index contributed by atoms with van der Waals surface area (Å²) in [5, 5.41) is 19.5. The highest BCUT2D eigenvalue weighted by molar-refractivity contribution is 7.93. The molecule has 0 radical (unpaired) electrons. The van der Waals surface area contributed by atoms with E-state index in [2.05, 4.69) is 0 Å². The van der Waals surface area contributed by atoms with Gasteiger partial charge in [-0.05, 0) is 89.4 Å². The van der Waals surface area contributed by atoms with Gasteiger partial charge in [-0.2, -0.15) is 8.42 Å². The van der Waals surface area contributed by atoms with Crippen LogP contribution in [-0.4, -0.2) is 38.6 Å². The van der Waals surface area contributed by atoms with Crippen LogP contribution < -0.4 is 4.18 Å². The number of aromatic hydroxyl groups is 2. The van der Waals surface area contributed by atoms with Gasteiger partial charge in [0.05, 0.1) is 10.5 Å². The van der Waals surface area contributed by atoms with E-state index < -0.39 is 36.7 Å². The minimum absolute atomic E-state index is 0.129. The van der Waals surface area contributed by atoms with Crippen LogP contribution in [0.4, 0.5) is 0 Å². The number of phenolic OH excluding ortho intramolecular Hbond substituents is 2. The van der Waals surface area contributed by atoms with E-state index in [0.29, 0.717) is 27.6 Å². The Labute approximate surface area is 223 Å². The zero-order valence-electron chi connectivity index (χ0n) is 20.8. The predicted molar refractivity (Wildman–Crippen MR) is 150 cm³/mol. The van der Waals surface area contributed by atoms with E-state index >= 15 is 0 Å². The van der Waals surface area contributed by atoms with E-state index in [4.69, 9.17) is 4.18 Å². The first kappa shape index (κ1) is 24.7. The van der Waals surface area contributed by atoms with Crippen molar-refractivity contribution in [1.82, 2.24) is 0 Å². The van der Waals surface area contributed by atoms with Crippen molar-refractivity contribution in [3.05, 3.63) is 101 Å². The molecule has 0 amide bonds. The van der Waals surface area contributed by atoms with Gasteiger partial charge in [0.1, 0.15) is 22.5 Å². The van der Waals surface area contributed by atoms with Crippen LogP contribution in [0.1, 0.15) is 28.7 Å². The van der Waals surface area contributed by atoms with Crippen LogP contribution in [0, 0.1) is 13.8 Å². The zero-order valence-corrected chi connectivity index (χ0v) is 22.4. The van der Waals surface area contributed by atoms with Crippen LogP contribution in [0.3, 0.4) is 0 Å². The molecule has 8 heteroatoms. The van der Waals surface area contributed by atoms with Crippen LogP contribution in [0.5, 0.6) is 17.2 Å². The summed E-state index contributed by atoms with van der Waals surface area (Å²) in [4.78, 5) is 0. The lowest BCUT2D eigenvalue weighted by molar-refractivity contribution is 0.470. The van der Waals surface area contributed by atoms with Gasteiger partial charge in [-0.3, -0.25) is 4.21 Å². The lowest BCUT2D eigenvalue weighted by Crippen LogP contribution is -2.36. The topological polar surface area (TPSA) is 101 Å². The number of benzene rings is 4. The van der Waals surface area contributed by atoms with E-state index in [1.165, 1.54) is 0 Å². The fraction of sp³-hybridized carbons (Fsp3) is 0.200. The SMILES string of the molecule is Cc1cc(C2=C(c3ccc(O)c(C)c3)[C@H]3[C@@H](S(=O)(=O)Oc4cccc5ccccc45)C[C@@H]2S3=O)ccc1O. The van der Waals surface area contributed by atoms with Crippen molar-refractivity contribution in [3.8, 4) is 17.2 Å². The first-order chi connectivity index (χ1) is 18.2. The highest BCUT2D eigenvalue weighted by Gasteiger charge is 2.57. The molecule has 194 valence electrons. The Bertz CT molecular complexity index is 1770. The van der Waals surface area contributed by atoms with Gasteiger partial charge in [0.15, 0.2) is 0 Å². The molecule has 4 aromatic carbocycles. The third-order valence-electron chi connectivity index (χ3n) is 7.55. The average molecular weight is 547 g/mol. The highest BCUT2D eigenvalue weighted by atomic mass is 32.2. The Morgan fingerprint density at radius 3 is 2.08 bits per heavy atom. The summed E-state index contributed by atoms with van der Waals surface area (Å²) in [5.41, 5.74) is 4.32. The molecular weight excluding hydrogens is 520 g/mol. The molecule has 2 bridgehead atoms. The lowest BCUT2D eigenvalue weighted by Gasteiger charge is -2.26. The van der Waals surface area contributed by atoms with Gasteiger partial charge >= 0.3 is 10.1 Å². The van der Waals surface area contributed by atoms with Crippen molar-refractivity contribution >= 4 is 42.8 Å². The van der Waals surface area contributed by atoms with Crippen molar-refractivity contribution in [2.24, 2.45) is 0 Å². The molecule has 2 aliphatic heterocycles. The largest absolute Gasteiger partial charge is 0.508 e. The van der Waals surface area contributed by atoms with Gasteiger partial charge in [-0.15, -0.1) is 0 Å². The smallest absolute Gasteiger partial charge is 0.313 e. The second kappa shape index (κ2) is 8.99. The maximum Gasteiger partial charge on any atom is 0.313 e. The molecule has 38 heavy (non-hydrogen) atoms. The normalized spacial score (nSPS) is 22.8. The van der Waals surface area contributed by atoms with Crippen molar-refractivity contribution in [1.29, 1.82) is 0 Å². The molecule has 0 saturated carbocycles. The number of aryl methyl sites for hydroxylation is 2. The summed E-state index contributed by atoms with van der Waals surface area (Å²) in [6, 6.07) is 23.0. The van der Waals surface area contributed by atoms with Crippen LogP contribution in [-0.2, 0) is 20.9 Å². The lowest BCUT2D eigenvalue weighted by atomic mass is 9.83. The van der Waals surface area contributed by atoms with E-state index in [0.717, 1.165) is 16.5 Å². The second-order valence-electron chi connectivity index (χ2n) is 9.90. The molecule has 0 spiro atoms. The average Bonchev–Trinajstić information content (AvgIpc) is 3.37. The number of rotatable bonds is 5. The molecule has 2 heterocycles. The summed E-state index contributed by atoms with van der Waals surface area (Å²) >= 11 is 0. The minimum Gasteiger partial charge on any atom is -0.508 e. The third kappa shape index (κ3) is 3.90. The maximum absolute atomic E-state index is 13.8. The number of hydrogen-bond acceptors (Lipinski definition) is 6. The molecule has 6 nitrogen and oxygen atoms in total. The van der Waals surface area contributed by atoms with Crippen LogP contribution >= 0.6 is 0 Å². The van der Waals surface area contributed by atoms with E-state index in [1.54, 1.807) is 56.3 Å². The zero-order chi connectivity index (χ0) is 26.8. The monoisotopic (exact) mass is 546 g/mol. The quantitative estimate of drug-likeness (QED) is 0.323. The van der Waals surface area contributed by atoms with Crippen LogP contribution in [0.15, 0.2) is 78.9 Å². The number of phenols is 2. The molecular formula is C30H26O6S2. The molecule has 1 fully saturated rings. The van der Waals surface area contributed by atoms with Gasteiger partial charge < -0.3 is 14.4 Å². The van der Waals surface area contributed by atoms with Crippen molar-refractivity contribution in [2.45, 2.75) is 36.0 Å². The van der Waals surface area contributed by atoms with Gasteiger partial charge in [-0.1, -0.05) is 48.5 Å². The third-order valence-corrected chi connectivity index (χ3v) is 11.4. The first-order valence-corrected chi connectivity index (χ1v) is 15.0. The summed E-state index contributed by atoms with van der Waals surface area (Å²) < 4.78 is 47.1. The van der Waals surface area contributed by atoms with Gasteiger partial charge in [0.2, 0.25) is 0 Å². The summed E-state index contributed by atoms with van der Waals surface area (Å²) in [7, 11) is -5.67. The Hall–Kier alpha value is -3.62. The fourth-order valence-electron chi connectivity index (χ4n) is 5.65. The van der Waals surface area contributed by atoms with E-state index in [1.807, 2.05) is 36.4 Å². The Morgan fingerprint density at radius 1 is 0.816 bits per heavy atom. The molecule has 1 saturated heterocycles. The van der Waals surface area contributed by atoms with Gasteiger partial charge in [0.25, 0.3) is 0 Å². The summed E-state index contributed by atoms with van der Waals surface area (Å²) in [5.74, 6) is 0.533. The van der Waals surface area contributed by atoms with Gasteiger partial charge in [0, 0.05) is 16.2 Å². The summed E-state index contributed by atoms with van der Waals surface area (Å²) in [6.45, 7) is 3.56. The van der Waals surface area contributed by atoms with Crippen molar-refractivity contribution < 1.29 is 27.0 Å². The molecule has 1 unspecified atom stereocenters. The molecule has 2 aliphatic rings. The molecule has 0 aromatic heterocycles. The molecule has 4 atom stereocenters. The van der Waals surface area contributed by atoms with Crippen molar-refractivity contribution in [3.63, 3.8) is 0 Å². The van der Waals surface area contributed by atoms with E-state index in [9.17, 15) is 22.8 Å². The number of fused-ring (bicyclic) bond motifs is 3. The minimum atomic E-state index is -4.16. The fourth-order valence-corrected chi connectivity index (χ4v) is 10.0. The summed E-state index contributed by atoms with van der Waals surface area (Å²) in [6.07, 6.45) is 0.167. The first-order valence-electron chi connectivity index (χ1n) is 12.3. The molecule has 2 N–H and O–H groups in total. The second-order valence-corrected chi connectivity index (χ2v) is 13.4.